The van der Waals surface area contributed by atoms with Gasteiger partial charge in [0.25, 0.3) is 0 Å². The lowest BCUT2D eigenvalue weighted by Crippen LogP contribution is -2.62. The van der Waals surface area contributed by atoms with E-state index in [0.29, 0.717) is 18.7 Å². The predicted octanol–water partition coefficient (Wildman–Crippen LogP) is 1.79. The number of piperidine rings is 1. The van der Waals surface area contributed by atoms with Crippen LogP contribution in [0.2, 0.25) is 0 Å². The number of rotatable bonds is 2. The van der Waals surface area contributed by atoms with Gasteiger partial charge in [0, 0.05) is 12.6 Å². The number of carbonyl (C=O) groups excluding carboxylic acids is 3. The molecule has 3 aliphatic heterocycles. The summed E-state index contributed by atoms with van der Waals surface area (Å²) in [7, 11) is 0. The van der Waals surface area contributed by atoms with Crippen LogP contribution in [0.1, 0.15) is 24.4 Å². The molecular weight excluding hydrogens is 354 g/mol. The molecule has 142 valence electrons. The molecule has 3 amide bonds. The molecule has 0 saturated carbocycles. The normalized spacial score (nSPS) is 31.9. The molecule has 0 aliphatic carbocycles. The molecule has 4 atom stereocenters. The topological polar surface area (TPSA) is 78.5 Å². The summed E-state index contributed by atoms with van der Waals surface area (Å²) in [5.41, 5.74) is 0.438. The van der Waals surface area contributed by atoms with Gasteiger partial charge in [-0.1, -0.05) is 48.5 Å². The fourth-order valence-electron chi connectivity index (χ4n) is 5.06. The molecule has 0 aromatic heterocycles. The average molecular weight is 375 g/mol. The molecule has 0 bridgehead atoms. The maximum absolute atomic E-state index is 13.5. The van der Waals surface area contributed by atoms with Crippen LogP contribution >= 0.6 is 0 Å². The van der Waals surface area contributed by atoms with Gasteiger partial charge in [-0.2, -0.15) is 0 Å². The van der Waals surface area contributed by atoms with Crippen molar-refractivity contribution >= 4 is 23.4 Å². The van der Waals surface area contributed by atoms with E-state index in [1.807, 2.05) is 36.4 Å². The molecule has 6 heteroatoms. The molecule has 1 spiro atoms. The van der Waals surface area contributed by atoms with E-state index in [1.54, 1.807) is 24.3 Å². The number of anilines is 1. The second-order valence-electron chi connectivity index (χ2n) is 7.71. The van der Waals surface area contributed by atoms with Crippen LogP contribution in [-0.4, -0.2) is 29.8 Å². The van der Waals surface area contributed by atoms with Gasteiger partial charge in [-0.3, -0.25) is 19.7 Å². The van der Waals surface area contributed by atoms with Crippen LogP contribution in [0, 0.1) is 11.8 Å². The highest BCUT2D eigenvalue weighted by molar-refractivity contribution is 6.24. The molecule has 5 rings (SSSR count). The molecule has 3 heterocycles. The lowest BCUT2D eigenvalue weighted by atomic mass is 9.75. The number of amides is 3. The van der Waals surface area contributed by atoms with Crippen LogP contribution in [0.4, 0.5) is 5.69 Å². The van der Waals surface area contributed by atoms with Crippen molar-refractivity contribution in [1.82, 2.24) is 10.6 Å². The van der Waals surface area contributed by atoms with Crippen LogP contribution < -0.4 is 15.5 Å². The van der Waals surface area contributed by atoms with Gasteiger partial charge in [0.1, 0.15) is 5.54 Å². The minimum absolute atomic E-state index is 0.178. The number of nitrogens with zero attached hydrogens (tertiary/aromatic N) is 1. The Morgan fingerprint density at radius 1 is 0.893 bits per heavy atom. The smallest absolute Gasteiger partial charge is 0.241 e. The molecule has 0 radical (unpaired) electrons. The SMILES string of the molecule is O=C1[C@H]2[C@@H](C(=O)N1c1ccccc1)[C@]1(CCCNC1=O)N[C@H]2c1ccccc1. The Bertz CT molecular complexity index is 946. The number of hydrogen-bond acceptors (Lipinski definition) is 4. The Balaban J connectivity index is 1.64. The van der Waals surface area contributed by atoms with Gasteiger partial charge in [0.2, 0.25) is 17.7 Å². The van der Waals surface area contributed by atoms with Crippen molar-refractivity contribution in [2.75, 3.05) is 11.4 Å². The third-order valence-corrected chi connectivity index (χ3v) is 6.27. The zero-order valence-corrected chi connectivity index (χ0v) is 15.3. The highest BCUT2D eigenvalue weighted by atomic mass is 16.2. The summed E-state index contributed by atoms with van der Waals surface area (Å²) in [6.07, 6.45) is 1.32. The van der Waals surface area contributed by atoms with Crippen LogP contribution in [0.15, 0.2) is 60.7 Å². The molecular formula is C22H21N3O3. The Morgan fingerprint density at radius 2 is 1.57 bits per heavy atom. The molecule has 2 aromatic rings. The Labute approximate surface area is 162 Å². The molecule has 6 nitrogen and oxygen atoms in total. The maximum atomic E-state index is 13.5. The van der Waals surface area contributed by atoms with E-state index in [-0.39, 0.29) is 23.8 Å². The van der Waals surface area contributed by atoms with Crippen molar-refractivity contribution in [3.05, 3.63) is 66.2 Å². The minimum Gasteiger partial charge on any atom is -0.354 e. The van der Waals surface area contributed by atoms with Gasteiger partial charge in [0.05, 0.1) is 17.5 Å². The van der Waals surface area contributed by atoms with Crippen molar-refractivity contribution in [2.24, 2.45) is 11.8 Å². The largest absolute Gasteiger partial charge is 0.354 e. The summed E-state index contributed by atoms with van der Waals surface area (Å²) in [6, 6.07) is 18.2. The van der Waals surface area contributed by atoms with Crippen molar-refractivity contribution in [1.29, 1.82) is 0 Å². The standard InChI is InChI=1S/C22H21N3O3/c26-19-16-17(20(27)25(19)15-10-5-2-6-11-15)22(12-7-13-23-21(22)28)24-18(16)14-8-3-1-4-9-14/h1-6,8-11,16-18,24H,7,12-13H2,(H,23,28)/t16-,17-,18-,22-/m0/s1. The second kappa shape index (κ2) is 6.27. The van der Waals surface area contributed by atoms with Crippen LogP contribution in [0.25, 0.3) is 0 Å². The van der Waals surface area contributed by atoms with E-state index >= 15 is 0 Å². The first-order valence-corrected chi connectivity index (χ1v) is 9.67. The summed E-state index contributed by atoms with van der Waals surface area (Å²) >= 11 is 0. The highest BCUT2D eigenvalue weighted by Crippen LogP contribution is 2.51. The van der Waals surface area contributed by atoms with E-state index in [2.05, 4.69) is 10.6 Å². The Kier molecular flexibility index (Phi) is 3.84. The number of nitrogens with one attached hydrogen (secondary N) is 2. The zero-order chi connectivity index (χ0) is 19.3. The number of hydrogen-bond donors (Lipinski definition) is 2. The van der Waals surface area contributed by atoms with Gasteiger partial charge in [0.15, 0.2) is 0 Å². The lowest BCUT2D eigenvalue weighted by Gasteiger charge is -2.37. The van der Waals surface area contributed by atoms with E-state index in [0.717, 1.165) is 12.0 Å². The minimum atomic E-state index is -1.04. The van der Waals surface area contributed by atoms with E-state index in [9.17, 15) is 14.4 Å². The third kappa shape index (κ3) is 2.27. The molecule has 2 aromatic carbocycles. The first-order valence-electron chi connectivity index (χ1n) is 9.67. The van der Waals surface area contributed by atoms with E-state index in [4.69, 9.17) is 0 Å². The van der Waals surface area contributed by atoms with Crippen molar-refractivity contribution in [3.63, 3.8) is 0 Å². The molecule has 3 aliphatic rings. The zero-order valence-electron chi connectivity index (χ0n) is 15.3. The third-order valence-electron chi connectivity index (χ3n) is 6.27. The van der Waals surface area contributed by atoms with Gasteiger partial charge in [-0.05, 0) is 30.5 Å². The first-order chi connectivity index (χ1) is 13.6. The van der Waals surface area contributed by atoms with Gasteiger partial charge >= 0.3 is 0 Å². The summed E-state index contributed by atoms with van der Waals surface area (Å²) in [6.45, 7) is 0.597. The van der Waals surface area contributed by atoms with Gasteiger partial charge in [-0.25, -0.2) is 4.90 Å². The average Bonchev–Trinajstić information content (AvgIpc) is 3.20. The van der Waals surface area contributed by atoms with Gasteiger partial charge < -0.3 is 5.32 Å². The van der Waals surface area contributed by atoms with E-state index < -0.39 is 17.4 Å². The summed E-state index contributed by atoms with van der Waals surface area (Å²) in [4.78, 5) is 41.2. The first kappa shape index (κ1) is 17.1. The number of imide groups is 1. The molecule has 2 N–H and O–H groups in total. The highest BCUT2D eigenvalue weighted by Gasteiger charge is 2.68. The molecule has 0 unspecified atom stereocenters. The monoisotopic (exact) mass is 375 g/mol. The Hall–Kier alpha value is -2.99. The quantitative estimate of drug-likeness (QED) is 0.785. The summed E-state index contributed by atoms with van der Waals surface area (Å²) in [5, 5.41) is 6.33. The fraction of sp³-hybridized carbons (Fsp3) is 0.318. The van der Waals surface area contributed by atoms with Crippen LogP contribution in [0.5, 0.6) is 0 Å². The molecule has 28 heavy (non-hydrogen) atoms. The summed E-state index contributed by atoms with van der Waals surface area (Å²) < 4.78 is 0. The lowest BCUT2D eigenvalue weighted by molar-refractivity contribution is -0.136. The predicted molar refractivity (Wildman–Crippen MR) is 103 cm³/mol. The van der Waals surface area contributed by atoms with Crippen LogP contribution in [-0.2, 0) is 14.4 Å². The fourth-order valence-corrected chi connectivity index (χ4v) is 5.06. The second-order valence-corrected chi connectivity index (χ2v) is 7.71. The van der Waals surface area contributed by atoms with Crippen molar-refractivity contribution in [2.45, 2.75) is 24.4 Å². The molecule has 3 saturated heterocycles. The van der Waals surface area contributed by atoms with E-state index in [1.165, 1.54) is 4.90 Å². The van der Waals surface area contributed by atoms with Crippen molar-refractivity contribution < 1.29 is 14.4 Å². The number of carbonyl (C=O) groups is 3. The summed E-state index contributed by atoms with van der Waals surface area (Å²) in [5.74, 6) is -2.00. The number of benzene rings is 2. The maximum Gasteiger partial charge on any atom is 0.241 e. The Morgan fingerprint density at radius 3 is 2.25 bits per heavy atom. The number of fused-ring (bicyclic) bond motifs is 2. The van der Waals surface area contributed by atoms with Crippen molar-refractivity contribution in [3.8, 4) is 0 Å². The van der Waals surface area contributed by atoms with Crippen LogP contribution in [0.3, 0.4) is 0 Å². The van der Waals surface area contributed by atoms with Gasteiger partial charge in [-0.15, -0.1) is 0 Å². The molecule has 3 fully saturated rings. The number of para-hydroxylation sites is 1.